The molecule has 3 amide bonds. The van der Waals surface area contributed by atoms with Crippen molar-refractivity contribution in [1.82, 2.24) is 5.32 Å². The molecule has 0 aliphatic heterocycles. The Labute approximate surface area is 92.6 Å². The lowest BCUT2D eigenvalue weighted by Gasteiger charge is -2.06. The number of imide groups is 1. The molecule has 0 heterocycles. The van der Waals surface area contributed by atoms with E-state index < -0.39 is 11.9 Å². The van der Waals surface area contributed by atoms with E-state index in [1.165, 1.54) is 0 Å². The zero-order valence-electron chi connectivity index (χ0n) is 8.60. The van der Waals surface area contributed by atoms with Crippen LogP contribution in [-0.2, 0) is 4.79 Å². The van der Waals surface area contributed by atoms with Crippen molar-refractivity contribution >= 4 is 17.6 Å². The second kappa shape index (κ2) is 5.59. The fraction of sp³-hybridized carbons (Fsp3) is 0.200. The number of anilines is 1. The van der Waals surface area contributed by atoms with Gasteiger partial charge in [0.15, 0.2) is 0 Å². The number of carbonyl (C=O) groups is 2. The molecule has 0 fully saturated rings. The summed E-state index contributed by atoms with van der Waals surface area (Å²) in [6, 6.07) is 5.98. The molecule has 5 N–H and O–H groups in total. The van der Waals surface area contributed by atoms with Gasteiger partial charge in [-0.05, 0) is 12.1 Å². The number of amides is 3. The second-order valence-electron chi connectivity index (χ2n) is 3.08. The molecule has 0 unspecified atom stereocenters. The van der Waals surface area contributed by atoms with E-state index in [1.807, 2.05) is 5.32 Å². The van der Waals surface area contributed by atoms with E-state index in [-0.39, 0.29) is 13.0 Å². The van der Waals surface area contributed by atoms with Crippen molar-refractivity contribution in [2.24, 2.45) is 5.73 Å². The Morgan fingerprint density at radius 2 is 2.12 bits per heavy atom. The number of ether oxygens (including phenoxy) is 1. The zero-order valence-corrected chi connectivity index (χ0v) is 8.60. The van der Waals surface area contributed by atoms with E-state index in [4.69, 9.17) is 16.2 Å². The molecule has 6 heteroatoms. The van der Waals surface area contributed by atoms with E-state index >= 15 is 0 Å². The summed E-state index contributed by atoms with van der Waals surface area (Å²) in [7, 11) is 0. The molecular formula is C10H13N3O3. The zero-order chi connectivity index (χ0) is 12.0. The molecule has 0 spiro atoms. The number of primary amides is 1. The molecule has 6 nitrogen and oxygen atoms in total. The van der Waals surface area contributed by atoms with E-state index in [0.717, 1.165) is 0 Å². The number of benzene rings is 1. The lowest BCUT2D eigenvalue weighted by molar-refractivity contribution is -0.120. The van der Waals surface area contributed by atoms with Crippen molar-refractivity contribution in [3.8, 4) is 5.75 Å². The van der Waals surface area contributed by atoms with Crippen LogP contribution in [0.5, 0.6) is 5.75 Å². The number of nitrogens with two attached hydrogens (primary N) is 2. The average Bonchev–Trinajstić information content (AvgIpc) is 2.16. The number of urea groups is 1. The molecule has 16 heavy (non-hydrogen) atoms. The van der Waals surface area contributed by atoms with Crippen molar-refractivity contribution in [3.05, 3.63) is 24.3 Å². The maximum atomic E-state index is 11.0. The molecule has 0 aromatic heterocycles. The molecule has 0 saturated carbocycles. The monoisotopic (exact) mass is 223 g/mol. The summed E-state index contributed by atoms with van der Waals surface area (Å²) in [5, 5.41) is 1.94. The Morgan fingerprint density at radius 3 is 2.75 bits per heavy atom. The fourth-order valence-electron chi connectivity index (χ4n) is 1.07. The number of carbonyl (C=O) groups excluding carboxylic acids is 2. The van der Waals surface area contributed by atoms with Crippen LogP contribution in [0.15, 0.2) is 24.3 Å². The molecule has 0 radical (unpaired) electrons. The predicted octanol–water partition coefficient (Wildman–Crippen LogP) is 0.233. The summed E-state index contributed by atoms with van der Waals surface area (Å²) in [6.07, 6.45) is 0.0533. The van der Waals surface area contributed by atoms with Gasteiger partial charge in [0.25, 0.3) is 0 Å². The van der Waals surface area contributed by atoms with Gasteiger partial charge in [0.05, 0.1) is 13.0 Å². The number of nitrogens with one attached hydrogen (secondary N) is 1. The van der Waals surface area contributed by atoms with Crippen molar-refractivity contribution in [1.29, 1.82) is 0 Å². The van der Waals surface area contributed by atoms with Gasteiger partial charge in [-0.2, -0.15) is 0 Å². The highest BCUT2D eigenvalue weighted by Crippen LogP contribution is 2.14. The van der Waals surface area contributed by atoms with E-state index in [9.17, 15) is 9.59 Å². The molecular weight excluding hydrogens is 210 g/mol. The minimum atomic E-state index is -0.867. The van der Waals surface area contributed by atoms with Crippen molar-refractivity contribution in [2.75, 3.05) is 12.3 Å². The molecule has 1 rings (SSSR count). The Kier molecular flexibility index (Phi) is 4.14. The van der Waals surface area contributed by atoms with Crippen molar-refractivity contribution in [2.45, 2.75) is 6.42 Å². The first kappa shape index (κ1) is 11.8. The Hall–Kier alpha value is -2.24. The molecule has 86 valence electrons. The fourth-order valence-corrected chi connectivity index (χ4v) is 1.07. The maximum absolute atomic E-state index is 11.0. The highest BCUT2D eigenvalue weighted by atomic mass is 16.5. The first-order chi connectivity index (χ1) is 7.58. The summed E-state index contributed by atoms with van der Waals surface area (Å²) in [5.41, 5.74) is 10.9. The Morgan fingerprint density at radius 1 is 1.38 bits per heavy atom. The summed E-state index contributed by atoms with van der Waals surface area (Å²) < 4.78 is 5.25. The SMILES string of the molecule is NC(=O)NC(=O)CCOc1cccc(N)c1. The van der Waals surface area contributed by atoms with Gasteiger partial charge < -0.3 is 16.2 Å². The van der Waals surface area contributed by atoms with Gasteiger partial charge >= 0.3 is 6.03 Å². The highest BCUT2D eigenvalue weighted by molar-refractivity contribution is 5.93. The molecule has 0 saturated heterocycles. The average molecular weight is 223 g/mol. The summed E-state index contributed by atoms with van der Waals surface area (Å²) >= 11 is 0. The second-order valence-corrected chi connectivity index (χ2v) is 3.08. The van der Waals surface area contributed by atoms with Crippen LogP contribution in [0.2, 0.25) is 0 Å². The van der Waals surface area contributed by atoms with Gasteiger partial charge in [-0.15, -0.1) is 0 Å². The smallest absolute Gasteiger partial charge is 0.318 e. The summed E-state index contributed by atoms with van der Waals surface area (Å²) in [6.45, 7) is 0.155. The molecule has 1 aromatic carbocycles. The van der Waals surface area contributed by atoms with E-state index in [0.29, 0.717) is 11.4 Å². The van der Waals surface area contributed by atoms with E-state index in [1.54, 1.807) is 24.3 Å². The van der Waals surface area contributed by atoms with Gasteiger partial charge in [-0.25, -0.2) is 4.79 Å². The van der Waals surface area contributed by atoms with Gasteiger partial charge in [0.1, 0.15) is 5.75 Å². The first-order valence-corrected chi connectivity index (χ1v) is 4.65. The molecule has 0 bridgehead atoms. The van der Waals surface area contributed by atoms with Gasteiger partial charge in [-0.3, -0.25) is 10.1 Å². The van der Waals surface area contributed by atoms with Crippen molar-refractivity contribution < 1.29 is 14.3 Å². The van der Waals surface area contributed by atoms with Crippen LogP contribution >= 0.6 is 0 Å². The Bertz CT molecular complexity index is 393. The normalized spacial score (nSPS) is 9.50. The van der Waals surface area contributed by atoms with Crippen LogP contribution < -0.4 is 21.5 Å². The molecule has 1 aromatic rings. The minimum absolute atomic E-state index is 0.0533. The van der Waals surface area contributed by atoms with Gasteiger partial charge in [0, 0.05) is 11.8 Å². The molecule has 0 atom stereocenters. The van der Waals surface area contributed by atoms with Crippen LogP contribution in [0, 0.1) is 0 Å². The Balaban J connectivity index is 2.30. The lowest BCUT2D eigenvalue weighted by Crippen LogP contribution is -2.35. The topological polar surface area (TPSA) is 107 Å². The number of hydrogen-bond acceptors (Lipinski definition) is 4. The maximum Gasteiger partial charge on any atom is 0.318 e. The third kappa shape index (κ3) is 4.32. The van der Waals surface area contributed by atoms with Gasteiger partial charge in [0.2, 0.25) is 5.91 Å². The van der Waals surface area contributed by atoms with Crippen LogP contribution in [0.1, 0.15) is 6.42 Å². The number of rotatable bonds is 4. The molecule has 0 aliphatic carbocycles. The summed E-state index contributed by atoms with van der Waals surface area (Å²) in [4.78, 5) is 21.3. The van der Waals surface area contributed by atoms with Crippen LogP contribution in [0.4, 0.5) is 10.5 Å². The largest absolute Gasteiger partial charge is 0.493 e. The predicted molar refractivity (Wildman–Crippen MR) is 58.7 cm³/mol. The minimum Gasteiger partial charge on any atom is -0.493 e. The standard InChI is InChI=1S/C10H13N3O3/c11-7-2-1-3-8(6-7)16-5-4-9(14)13-10(12)15/h1-3,6H,4-5,11H2,(H3,12,13,14,15). The van der Waals surface area contributed by atoms with Crippen LogP contribution in [0.3, 0.4) is 0 Å². The molecule has 0 aliphatic rings. The number of nitrogen functional groups attached to an aromatic ring is 1. The highest BCUT2D eigenvalue weighted by Gasteiger charge is 2.04. The third-order valence-electron chi connectivity index (χ3n) is 1.72. The quantitative estimate of drug-likeness (QED) is 0.635. The van der Waals surface area contributed by atoms with Gasteiger partial charge in [-0.1, -0.05) is 6.07 Å². The van der Waals surface area contributed by atoms with E-state index in [2.05, 4.69) is 0 Å². The van der Waals surface area contributed by atoms with Crippen LogP contribution in [0.25, 0.3) is 0 Å². The van der Waals surface area contributed by atoms with Crippen LogP contribution in [-0.4, -0.2) is 18.5 Å². The summed E-state index contributed by atoms with van der Waals surface area (Å²) in [5.74, 6) is 0.100. The van der Waals surface area contributed by atoms with Crippen molar-refractivity contribution in [3.63, 3.8) is 0 Å². The first-order valence-electron chi connectivity index (χ1n) is 4.65. The lowest BCUT2D eigenvalue weighted by atomic mass is 10.3. The third-order valence-corrected chi connectivity index (χ3v) is 1.72. The number of hydrogen-bond donors (Lipinski definition) is 3.